The highest BCUT2D eigenvalue weighted by molar-refractivity contribution is 7.99. The molecule has 2 N–H and O–H groups in total. The Balaban J connectivity index is 1.38. The SMILES string of the molecule is CN(CCC(=O)O)C(=O)CSCCNC(=O)OCC1c2ccccc2-c2ccccc21. The second-order valence-electron chi connectivity index (χ2n) is 7.26. The molecule has 0 aromatic heterocycles. The molecule has 164 valence electrons. The van der Waals surface area contributed by atoms with Gasteiger partial charge in [-0.1, -0.05) is 48.5 Å². The molecular weight excluding hydrogens is 416 g/mol. The third kappa shape index (κ3) is 6.01. The summed E-state index contributed by atoms with van der Waals surface area (Å²) >= 11 is 1.38. The fourth-order valence-electron chi connectivity index (χ4n) is 3.53. The Morgan fingerprint density at radius 2 is 1.68 bits per heavy atom. The fraction of sp³-hybridized carbons (Fsp3) is 0.348. The number of fused-ring (bicyclic) bond motifs is 3. The average molecular weight is 443 g/mol. The van der Waals surface area contributed by atoms with Crippen molar-refractivity contribution in [3.8, 4) is 11.1 Å². The van der Waals surface area contributed by atoms with Crippen LogP contribution in [0.3, 0.4) is 0 Å². The first-order chi connectivity index (χ1) is 15.0. The van der Waals surface area contributed by atoms with Crippen LogP contribution in [0.5, 0.6) is 0 Å². The molecule has 0 aliphatic heterocycles. The number of nitrogens with one attached hydrogen (secondary N) is 1. The van der Waals surface area contributed by atoms with Crippen LogP contribution >= 0.6 is 11.8 Å². The second kappa shape index (κ2) is 10.9. The predicted octanol–water partition coefficient (Wildman–Crippen LogP) is 3.19. The van der Waals surface area contributed by atoms with E-state index in [-0.39, 0.29) is 37.2 Å². The van der Waals surface area contributed by atoms with Gasteiger partial charge >= 0.3 is 12.1 Å². The van der Waals surface area contributed by atoms with E-state index in [0.29, 0.717) is 12.3 Å². The standard InChI is InChI=1S/C23H26N2O5S/c1-25(12-10-22(27)28)21(26)15-31-13-11-24-23(29)30-14-20-18-8-4-2-6-16(18)17-7-3-5-9-19(17)20/h2-9,20H,10-15H2,1H3,(H,24,29)(H,27,28). The lowest BCUT2D eigenvalue weighted by Crippen LogP contribution is -2.31. The molecule has 0 saturated heterocycles. The van der Waals surface area contributed by atoms with Gasteiger partial charge < -0.3 is 20.1 Å². The maximum absolute atomic E-state index is 12.1. The lowest BCUT2D eigenvalue weighted by Gasteiger charge is -2.16. The first-order valence-electron chi connectivity index (χ1n) is 10.1. The van der Waals surface area contributed by atoms with Gasteiger partial charge in [-0.2, -0.15) is 11.8 Å². The number of nitrogens with zero attached hydrogens (tertiary/aromatic N) is 1. The number of alkyl carbamates (subject to hydrolysis) is 1. The second-order valence-corrected chi connectivity index (χ2v) is 8.37. The van der Waals surface area contributed by atoms with Crippen LogP contribution in [0.4, 0.5) is 4.79 Å². The Labute approximate surface area is 185 Å². The van der Waals surface area contributed by atoms with E-state index in [0.717, 1.165) is 11.1 Å². The van der Waals surface area contributed by atoms with E-state index in [1.54, 1.807) is 7.05 Å². The third-order valence-electron chi connectivity index (χ3n) is 5.17. The van der Waals surface area contributed by atoms with Gasteiger partial charge in [-0.3, -0.25) is 9.59 Å². The van der Waals surface area contributed by atoms with Crippen LogP contribution in [0.25, 0.3) is 11.1 Å². The minimum absolute atomic E-state index is 0.0199. The number of aliphatic carboxylic acids is 1. The molecule has 0 spiro atoms. The highest BCUT2D eigenvalue weighted by Gasteiger charge is 2.28. The van der Waals surface area contributed by atoms with Crippen molar-refractivity contribution < 1.29 is 24.2 Å². The zero-order valence-corrected chi connectivity index (χ0v) is 18.2. The van der Waals surface area contributed by atoms with Crippen molar-refractivity contribution >= 4 is 29.7 Å². The summed E-state index contributed by atoms with van der Waals surface area (Å²) in [7, 11) is 1.58. The van der Waals surface area contributed by atoms with Crippen molar-refractivity contribution in [3.05, 3.63) is 59.7 Å². The van der Waals surface area contributed by atoms with Crippen LogP contribution in [0.2, 0.25) is 0 Å². The Morgan fingerprint density at radius 3 is 2.29 bits per heavy atom. The highest BCUT2D eigenvalue weighted by Crippen LogP contribution is 2.44. The largest absolute Gasteiger partial charge is 0.481 e. The number of carbonyl (C=O) groups excluding carboxylic acids is 2. The molecule has 2 aromatic rings. The number of hydrogen-bond acceptors (Lipinski definition) is 5. The molecule has 7 nitrogen and oxygen atoms in total. The van der Waals surface area contributed by atoms with Crippen molar-refractivity contribution in [1.82, 2.24) is 10.2 Å². The van der Waals surface area contributed by atoms with Crippen LogP contribution in [0.1, 0.15) is 23.5 Å². The van der Waals surface area contributed by atoms with Crippen molar-refractivity contribution in [2.24, 2.45) is 0 Å². The quantitative estimate of drug-likeness (QED) is 0.549. The van der Waals surface area contributed by atoms with E-state index in [1.807, 2.05) is 24.3 Å². The first kappa shape index (κ1) is 22.7. The summed E-state index contributed by atoms with van der Waals surface area (Å²) in [5.74, 6) is -0.246. The minimum Gasteiger partial charge on any atom is -0.481 e. The third-order valence-corrected chi connectivity index (χ3v) is 6.12. The van der Waals surface area contributed by atoms with Crippen LogP contribution in [-0.4, -0.2) is 66.2 Å². The maximum atomic E-state index is 12.1. The summed E-state index contributed by atoms with van der Waals surface area (Å²) in [6.45, 7) is 0.833. The first-order valence-corrected chi connectivity index (χ1v) is 11.2. The molecule has 2 aromatic carbocycles. The number of carboxylic acids is 1. The molecule has 0 atom stereocenters. The molecular formula is C23H26N2O5S. The Kier molecular flexibility index (Phi) is 7.94. The smallest absolute Gasteiger partial charge is 0.407 e. The lowest BCUT2D eigenvalue weighted by atomic mass is 9.98. The van der Waals surface area contributed by atoms with E-state index >= 15 is 0 Å². The van der Waals surface area contributed by atoms with Crippen molar-refractivity contribution in [1.29, 1.82) is 0 Å². The summed E-state index contributed by atoms with van der Waals surface area (Å²) in [4.78, 5) is 36.0. The highest BCUT2D eigenvalue weighted by atomic mass is 32.2. The van der Waals surface area contributed by atoms with Crippen LogP contribution in [0.15, 0.2) is 48.5 Å². The summed E-state index contributed by atoms with van der Waals surface area (Å²) in [6, 6.07) is 16.3. The van der Waals surface area contributed by atoms with Gasteiger partial charge in [0.2, 0.25) is 5.91 Å². The lowest BCUT2D eigenvalue weighted by molar-refractivity contribution is -0.137. The van der Waals surface area contributed by atoms with E-state index in [1.165, 1.54) is 27.8 Å². The van der Waals surface area contributed by atoms with E-state index in [4.69, 9.17) is 9.84 Å². The van der Waals surface area contributed by atoms with E-state index in [2.05, 4.69) is 29.6 Å². The molecule has 1 aliphatic carbocycles. The number of carboxylic acid groups (broad SMARTS) is 1. The molecule has 1 aliphatic rings. The maximum Gasteiger partial charge on any atom is 0.407 e. The topological polar surface area (TPSA) is 95.9 Å². The van der Waals surface area contributed by atoms with Gasteiger partial charge in [0.15, 0.2) is 0 Å². The Hall–Kier alpha value is -3.00. The van der Waals surface area contributed by atoms with Crippen LogP contribution in [-0.2, 0) is 14.3 Å². The molecule has 2 amide bonds. The van der Waals surface area contributed by atoms with Gasteiger partial charge in [-0.25, -0.2) is 4.79 Å². The molecule has 0 bridgehead atoms. The van der Waals surface area contributed by atoms with E-state index in [9.17, 15) is 14.4 Å². The number of amides is 2. The Bertz CT molecular complexity index is 904. The minimum atomic E-state index is -0.931. The van der Waals surface area contributed by atoms with Gasteiger partial charge in [-0.05, 0) is 22.3 Å². The van der Waals surface area contributed by atoms with Crippen molar-refractivity contribution in [3.63, 3.8) is 0 Å². The summed E-state index contributed by atoms with van der Waals surface area (Å²) in [5, 5.41) is 11.4. The monoisotopic (exact) mass is 442 g/mol. The normalized spacial score (nSPS) is 12.0. The molecule has 8 heteroatoms. The number of thioether (sulfide) groups is 1. The number of rotatable bonds is 10. The molecule has 0 radical (unpaired) electrons. The van der Waals surface area contributed by atoms with Gasteiger partial charge in [-0.15, -0.1) is 0 Å². The molecule has 0 unspecified atom stereocenters. The van der Waals surface area contributed by atoms with Crippen LogP contribution < -0.4 is 5.32 Å². The number of benzene rings is 2. The fourth-order valence-corrected chi connectivity index (χ4v) is 4.32. The molecule has 0 heterocycles. The van der Waals surface area contributed by atoms with Gasteiger partial charge in [0, 0.05) is 31.8 Å². The zero-order valence-electron chi connectivity index (χ0n) is 17.4. The zero-order chi connectivity index (χ0) is 22.2. The van der Waals surface area contributed by atoms with Crippen molar-refractivity contribution in [2.75, 3.05) is 38.2 Å². The predicted molar refractivity (Wildman–Crippen MR) is 120 cm³/mol. The molecule has 3 rings (SSSR count). The Morgan fingerprint density at radius 1 is 1.06 bits per heavy atom. The average Bonchev–Trinajstić information content (AvgIpc) is 3.09. The van der Waals surface area contributed by atoms with Gasteiger partial charge in [0.25, 0.3) is 0 Å². The molecule has 31 heavy (non-hydrogen) atoms. The summed E-state index contributed by atoms with van der Waals surface area (Å²) in [6.07, 6.45) is -0.552. The number of carbonyl (C=O) groups is 3. The van der Waals surface area contributed by atoms with Gasteiger partial charge in [0.1, 0.15) is 6.61 Å². The summed E-state index contributed by atoms with van der Waals surface area (Å²) in [5.41, 5.74) is 4.69. The molecule has 0 saturated carbocycles. The van der Waals surface area contributed by atoms with Gasteiger partial charge in [0.05, 0.1) is 12.2 Å². The molecule has 0 fully saturated rings. The number of ether oxygens (including phenoxy) is 1. The van der Waals surface area contributed by atoms with Crippen LogP contribution in [0, 0.1) is 0 Å². The summed E-state index contributed by atoms with van der Waals surface area (Å²) < 4.78 is 5.47. The van der Waals surface area contributed by atoms with Crippen molar-refractivity contribution in [2.45, 2.75) is 12.3 Å². The van der Waals surface area contributed by atoms with E-state index < -0.39 is 12.1 Å². The number of hydrogen-bond donors (Lipinski definition) is 2.